The highest BCUT2D eigenvalue weighted by molar-refractivity contribution is 7.80. The molecule has 0 saturated carbocycles. The Kier molecular flexibility index (Phi) is 3.55. The minimum Gasteiger partial charge on any atom is -0.349 e. The van der Waals surface area contributed by atoms with Gasteiger partial charge in [-0.2, -0.15) is 0 Å². The van der Waals surface area contributed by atoms with Crippen molar-refractivity contribution in [2.45, 2.75) is 4.90 Å². The molecule has 0 aliphatic heterocycles. The number of rotatable bonds is 1. The molecule has 0 aliphatic carbocycles. The van der Waals surface area contributed by atoms with E-state index < -0.39 is 0 Å². The van der Waals surface area contributed by atoms with Crippen molar-refractivity contribution in [2.75, 3.05) is 0 Å². The maximum absolute atomic E-state index is 5.90. The fourth-order valence-corrected chi connectivity index (χ4v) is 2.67. The molecule has 2 nitrogen and oxygen atoms in total. The first kappa shape index (κ1) is 13.3. The van der Waals surface area contributed by atoms with Gasteiger partial charge in [-0.25, -0.2) is 4.99 Å². The zero-order valence-electron chi connectivity index (χ0n) is 10.9. The van der Waals surface area contributed by atoms with Crippen molar-refractivity contribution in [3.05, 3.63) is 65.1 Å². The van der Waals surface area contributed by atoms with Crippen LogP contribution in [0.4, 0.5) is 5.69 Å². The number of halogens is 1. The second kappa shape index (κ2) is 5.35. The van der Waals surface area contributed by atoms with Gasteiger partial charge >= 0.3 is 0 Å². The van der Waals surface area contributed by atoms with Gasteiger partial charge in [-0.05, 0) is 30.3 Å². The fourth-order valence-electron chi connectivity index (χ4n) is 2.20. The summed E-state index contributed by atoms with van der Waals surface area (Å²) < 4.78 is 2.05. The first-order chi connectivity index (χ1) is 9.65. The number of hydrogen-bond donors (Lipinski definition) is 1. The van der Waals surface area contributed by atoms with Gasteiger partial charge < -0.3 is 4.57 Å². The average molecular weight is 301 g/mol. The van der Waals surface area contributed by atoms with E-state index in [1.165, 1.54) is 0 Å². The van der Waals surface area contributed by atoms with Crippen molar-refractivity contribution in [1.29, 1.82) is 0 Å². The molecule has 0 unspecified atom stereocenters. The van der Waals surface area contributed by atoms with Crippen LogP contribution in [0.2, 0.25) is 5.02 Å². The van der Waals surface area contributed by atoms with Crippen molar-refractivity contribution in [3.8, 4) is 0 Å². The Morgan fingerprint density at radius 3 is 2.50 bits per heavy atom. The molecule has 1 aromatic heterocycles. The predicted molar refractivity (Wildman–Crippen MR) is 86.8 cm³/mol. The second-order valence-electron chi connectivity index (χ2n) is 4.58. The Morgan fingerprint density at radius 1 is 1.05 bits per heavy atom. The normalized spacial score (nSPS) is 12.1. The van der Waals surface area contributed by atoms with Gasteiger partial charge in [0.15, 0.2) is 0 Å². The summed E-state index contributed by atoms with van der Waals surface area (Å²) in [5.41, 5.74) is 1.99. The Labute approximate surface area is 127 Å². The van der Waals surface area contributed by atoms with Crippen molar-refractivity contribution in [1.82, 2.24) is 4.57 Å². The van der Waals surface area contributed by atoms with E-state index >= 15 is 0 Å². The standard InChI is InChI=1S/C16H13ClN2S/c1-19-10-15(20)16(13-4-2-3-5-14(13)19)18-12-8-6-11(17)7-9-12/h2-10,20H,1H3. The Morgan fingerprint density at radius 2 is 1.75 bits per heavy atom. The molecule has 3 rings (SSSR count). The van der Waals surface area contributed by atoms with Crippen LogP contribution in [0.15, 0.2) is 64.6 Å². The Hall–Kier alpha value is -1.71. The predicted octanol–water partition coefficient (Wildman–Crippen LogP) is 4.35. The van der Waals surface area contributed by atoms with Gasteiger partial charge in [0.05, 0.1) is 11.0 Å². The van der Waals surface area contributed by atoms with E-state index in [-0.39, 0.29) is 0 Å². The van der Waals surface area contributed by atoms with Crippen LogP contribution in [-0.2, 0) is 7.05 Å². The minimum atomic E-state index is 0.708. The van der Waals surface area contributed by atoms with Crippen LogP contribution in [0.5, 0.6) is 0 Å². The first-order valence-corrected chi connectivity index (χ1v) is 7.05. The van der Waals surface area contributed by atoms with Crippen molar-refractivity contribution < 1.29 is 0 Å². The molecule has 3 aromatic rings. The van der Waals surface area contributed by atoms with Crippen LogP contribution >= 0.6 is 24.2 Å². The molecule has 0 aliphatic rings. The third-order valence-corrected chi connectivity index (χ3v) is 3.74. The van der Waals surface area contributed by atoms with Crippen LogP contribution in [0, 0.1) is 0 Å². The smallest absolute Gasteiger partial charge is 0.0878 e. The molecule has 2 aromatic carbocycles. The summed E-state index contributed by atoms with van der Waals surface area (Å²) >= 11 is 10.5. The number of para-hydroxylation sites is 1. The second-order valence-corrected chi connectivity index (χ2v) is 5.50. The van der Waals surface area contributed by atoms with Gasteiger partial charge in [0.25, 0.3) is 0 Å². The largest absolute Gasteiger partial charge is 0.349 e. The average Bonchev–Trinajstić information content (AvgIpc) is 2.45. The number of pyridine rings is 1. The lowest BCUT2D eigenvalue weighted by Crippen LogP contribution is -2.09. The quantitative estimate of drug-likeness (QED) is 0.644. The molecule has 0 spiro atoms. The molecule has 0 amide bonds. The lowest BCUT2D eigenvalue weighted by Gasteiger charge is -2.08. The van der Waals surface area contributed by atoms with E-state index in [0.717, 1.165) is 26.8 Å². The Balaban J connectivity index is 2.33. The van der Waals surface area contributed by atoms with Crippen LogP contribution in [-0.4, -0.2) is 4.57 Å². The number of aryl methyl sites for hydroxylation is 1. The van der Waals surface area contributed by atoms with E-state index in [1.54, 1.807) is 0 Å². The summed E-state index contributed by atoms with van der Waals surface area (Å²) in [6.45, 7) is 0. The highest BCUT2D eigenvalue weighted by Gasteiger charge is 2.03. The highest BCUT2D eigenvalue weighted by atomic mass is 35.5. The molecular weight excluding hydrogens is 288 g/mol. The molecule has 0 saturated heterocycles. The summed E-state index contributed by atoms with van der Waals surface area (Å²) in [7, 11) is 2.01. The van der Waals surface area contributed by atoms with E-state index in [2.05, 4.69) is 29.3 Å². The number of hydrogen-bond acceptors (Lipinski definition) is 2. The summed E-state index contributed by atoms with van der Waals surface area (Å²) in [5, 5.41) is 2.67. The molecule has 0 atom stereocenters. The minimum absolute atomic E-state index is 0.708. The van der Waals surface area contributed by atoms with Gasteiger partial charge in [0.1, 0.15) is 0 Å². The van der Waals surface area contributed by atoms with Crippen LogP contribution < -0.4 is 5.36 Å². The molecule has 20 heavy (non-hydrogen) atoms. The van der Waals surface area contributed by atoms with E-state index in [9.17, 15) is 0 Å². The zero-order valence-corrected chi connectivity index (χ0v) is 12.6. The number of aromatic nitrogens is 1. The van der Waals surface area contributed by atoms with Gasteiger partial charge in [0.2, 0.25) is 0 Å². The van der Waals surface area contributed by atoms with E-state index in [0.29, 0.717) is 5.02 Å². The third-order valence-electron chi connectivity index (χ3n) is 3.17. The monoisotopic (exact) mass is 300 g/mol. The summed E-state index contributed by atoms with van der Waals surface area (Å²) in [5.74, 6) is 0. The number of benzene rings is 2. The lowest BCUT2D eigenvalue weighted by molar-refractivity contribution is 0.920. The topological polar surface area (TPSA) is 17.3 Å². The van der Waals surface area contributed by atoms with Gasteiger partial charge in [-0.3, -0.25) is 0 Å². The van der Waals surface area contributed by atoms with Crippen LogP contribution in [0.25, 0.3) is 10.9 Å². The molecule has 1 heterocycles. The Bertz CT molecular complexity index is 835. The summed E-state index contributed by atoms with van der Waals surface area (Å²) in [6, 6.07) is 15.6. The molecule has 0 fully saturated rings. The highest BCUT2D eigenvalue weighted by Crippen LogP contribution is 2.18. The maximum Gasteiger partial charge on any atom is 0.0878 e. The third kappa shape index (κ3) is 2.47. The number of nitrogens with zero attached hydrogens (tertiary/aromatic N) is 2. The lowest BCUT2D eigenvalue weighted by atomic mass is 10.2. The van der Waals surface area contributed by atoms with Gasteiger partial charge in [0, 0.05) is 34.1 Å². The van der Waals surface area contributed by atoms with E-state index in [4.69, 9.17) is 16.6 Å². The number of fused-ring (bicyclic) bond motifs is 1. The zero-order chi connectivity index (χ0) is 14.1. The molecule has 0 bridgehead atoms. The molecule has 4 heteroatoms. The van der Waals surface area contributed by atoms with Crippen LogP contribution in [0.1, 0.15) is 0 Å². The molecule has 0 radical (unpaired) electrons. The molecular formula is C16H13ClN2S. The van der Waals surface area contributed by atoms with Gasteiger partial charge in [-0.1, -0.05) is 29.8 Å². The van der Waals surface area contributed by atoms with Gasteiger partial charge in [-0.15, -0.1) is 12.6 Å². The molecule has 0 N–H and O–H groups in total. The molecule has 100 valence electrons. The maximum atomic E-state index is 5.90. The summed E-state index contributed by atoms with van der Waals surface area (Å²) in [6.07, 6.45) is 1.97. The summed E-state index contributed by atoms with van der Waals surface area (Å²) in [4.78, 5) is 5.55. The van der Waals surface area contributed by atoms with Crippen molar-refractivity contribution >= 4 is 40.8 Å². The fraction of sp³-hybridized carbons (Fsp3) is 0.0625. The van der Waals surface area contributed by atoms with Crippen molar-refractivity contribution in [2.24, 2.45) is 12.0 Å². The van der Waals surface area contributed by atoms with Crippen molar-refractivity contribution in [3.63, 3.8) is 0 Å². The van der Waals surface area contributed by atoms with E-state index in [1.807, 2.05) is 49.6 Å². The SMILES string of the molecule is Cn1cc(S)c(=Nc2ccc(Cl)cc2)c2ccccc21. The van der Waals surface area contributed by atoms with Crippen LogP contribution in [0.3, 0.4) is 0 Å². The number of thiol groups is 1. The first-order valence-electron chi connectivity index (χ1n) is 6.23.